The third-order valence-corrected chi connectivity index (χ3v) is 1.95. The van der Waals surface area contributed by atoms with Crippen molar-refractivity contribution in [1.29, 1.82) is 0 Å². The minimum atomic E-state index is -0.0892. The van der Waals surface area contributed by atoms with Gasteiger partial charge in [0, 0.05) is 17.7 Å². The zero-order chi connectivity index (χ0) is 8.55. The quantitative estimate of drug-likeness (QED) is 0.617. The van der Waals surface area contributed by atoms with Crippen molar-refractivity contribution in [2.45, 2.75) is 6.54 Å². The normalized spacial score (nSPS) is 13.8. The van der Waals surface area contributed by atoms with E-state index in [1.54, 1.807) is 18.2 Å². The Balaban J connectivity index is 2.57. The van der Waals surface area contributed by atoms with Gasteiger partial charge in [-0.2, -0.15) is 0 Å². The van der Waals surface area contributed by atoms with Gasteiger partial charge in [-0.15, -0.1) is 0 Å². The molecule has 0 atom stereocenters. The molecule has 0 unspecified atom stereocenters. The fourth-order valence-electron chi connectivity index (χ4n) is 1.30. The second-order valence-corrected chi connectivity index (χ2v) is 2.72. The van der Waals surface area contributed by atoms with Gasteiger partial charge >= 0.3 is 0 Å². The predicted octanol–water partition coefficient (Wildman–Crippen LogP) is 0.742. The Labute approximate surface area is 69.4 Å². The van der Waals surface area contributed by atoms with Gasteiger partial charge in [-0.25, -0.2) is 0 Å². The van der Waals surface area contributed by atoms with Crippen LogP contribution >= 0.6 is 0 Å². The summed E-state index contributed by atoms with van der Waals surface area (Å²) in [5.41, 5.74) is 2.14. The van der Waals surface area contributed by atoms with E-state index in [0.29, 0.717) is 17.7 Å². The number of amides is 1. The van der Waals surface area contributed by atoms with Crippen molar-refractivity contribution in [3.05, 3.63) is 34.9 Å². The summed E-state index contributed by atoms with van der Waals surface area (Å²) < 4.78 is 0. The summed E-state index contributed by atoms with van der Waals surface area (Å²) >= 11 is 0. The van der Waals surface area contributed by atoms with Crippen molar-refractivity contribution >= 4 is 12.2 Å². The standard InChI is InChI=1S/C9H7NO2/c11-5-6-1-2-7-4-10-9(12)8(7)3-6/h1-3,5H,4H2,(H,10,12). The summed E-state index contributed by atoms with van der Waals surface area (Å²) in [4.78, 5) is 21.5. The van der Waals surface area contributed by atoms with E-state index >= 15 is 0 Å². The molecule has 3 nitrogen and oxygen atoms in total. The maximum absolute atomic E-state index is 11.1. The Kier molecular flexibility index (Phi) is 1.43. The second-order valence-electron chi connectivity index (χ2n) is 2.72. The highest BCUT2D eigenvalue weighted by Gasteiger charge is 2.18. The van der Waals surface area contributed by atoms with E-state index in [1.165, 1.54) is 0 Å². The molecule has 2 rings (SSSR count). The van der Waals surface area contributed by atoms with Crippen LogP contribution in [0.15, 0.2) is 18.2 Å². The lowest BCUT2D eigenvalue weighted by molar-refractivity contribution is 0.0965. The number of hydrogen-bond acceptors (Lipinski definition) is 2. The van der Waals surface area contributed by atoms with E-state index in [4.69, 9.17) is 0 Å². The number of fused-ring (bicyclic) bond motifs is 1. The summed E-state index contributed by atoms with van der Waals surface area (Å²) in [5, 5.41) is 2.68. The molecule has 0 spiro atoms. The van der Waals surface area contributed by atoms with Gasteiger partial charge in [0.15, 0.2) is 0 Å². The van der Waals surface area contributed by atoms with Crippen LogP contribution in [-0.2, 0) is 6.54 Å². The average Bonchev–Trinajstić information content (AvgIpc) is 2.47. The Morgan fingerprint density at radius 3 is 3.00 bits per heavy atom. The maximum atomic E-state index is 11.1. The number of carbonyl (C=O) groups excluding carboxylic acids is 2. The van der Waals surface area contributed by atoms with Crippen molar-refractivity contribution in [2.75, 3.05) is 0 Å². The molecule has 1 aliphatic rings. The summed E-state index contributed by atoms with van der Waals surface area (Å²) in [6, 6.07) is 5.13. The molecule has 3 heteroatoms. The highest BCUT2D eigenvalue weighted by molar-refractivity contribution is 5.99. The molecular formula is C9H7NO2. The van der Waals surface area contributed by atoms with Crippen LogP contribution in [0.25, 0.3) is 0 Å². The van der Waals surface area contributed by atoms with Gasteiger partial charge in [0.05, 0.1) is 0 Å². The molecule has 0 fully saturated rings. The van der Waals surface area contributed by atoms with E-state index < -0.39 is 0 Å². The Morgan fingerprint density at radius 2 is 2.25 bits per heavy atom. The fourth-order valence-corrected chi connectivity index (χ4v) is 1.30. The van der Waals surface area contributed by atoms with Gasteiger partial charge in [-0.3, -0.25) is 9.59 Å². The smallest absolute Gasteiger partial charge is 0.251 e. The van der Waals surface area contributed by atoms with Crippen molar-refractivity contribution < 1.29 is 9.59 Å². The number of benzene rings is 1. The molecule has 1 heterocycles. The SMILES string of the molecule is O=Cc1ccc2c(c1)C(=O)NC2. The molecule has 1 aromatic rings. The first-order chi connectivity index (χ1) is 5.81. The largest absolute Gasteiger partial charge is 0.348 e. The predicted molar refractivity (Wildman–Crippen MR) is 43.0 cm³/mol. The van der Waals surface area contributed by atoms with Crippen LogP contribution in [0.2, 0.25) is 0 Å². The van der Waals surface area contributed by atoms with Crippen LogP contribution in [0.4, 0.5) is 0 Å². The van der Waals surface area contributed by atoms with Gasteiger partial charge in [0.1, 0.15) is 6.29 Å². The molecule has 1 N–H and O–H groups in total. The summed E-state index contributed by atoms with van der Waals surface area (Å²) in [6.45, 7) is 0.577. The maximum Gasteiger partial charge on any atom is 0.251 e. The third kappa shape index (κ3) is 0.906. The van der Waals surface area contributed by atoms with Crippen LogP contribution in [0, 0.1) is 0 Å². The van der Waals surface area contributed by atoms with Gasteiger partial charge in [0.25, 0.3) is 5.91 Å². The van der Waals surface area contributed by atoms with E-state index in [2.05, 4.69) is 5.32 Å². The molecule has 0 saturated heterocycles. The molecule has 0 bridgehead atoms. The molecule has 0 saturated carbocycles. The minimum absolute atomic E-state index is 0.0892. The average molecular weight is 161 g/mol. The second kappa shape index (κ2) is 2.44. The monoisotopic (exact) mass is 161 g/mol. The molecule has 1 aromatic carbocycles. The summed E-state index contributed by atoms with van der Waals surface area (Å²) in [6.07, 6.45) is 0.742. The van der Waals surface area contributed by atoms with E-state index in [0.717, 1.165) is 11.8 Å². The Hall–Kier alpha value is -1.64. The Morgan fingerprint density at radius 1 is 1.42 bits per heavy atom. The van der Waals surface area contributed by atoms with Gasteiger partial charge < -0.3 is 5.32 Å². The molecule has 60 valence electrons. The van der Waals surface area contributed by atoms with E-state index in [9.17, 15) is 9.59 Å². The zero-order valence-electron chi connectivity index (χ0n) is 6.33. The first-order valence-electron chi connectivity index (χ1n) is 3.67. The number of aldehydes is 1. The van der Waals surface area contributed by atoms with Crippen LogP contribution in [0.1, 0.15) is 26.3 Å². The van der Waals surface area contributed by atoms with Crippen molar-refractivity contribution in [2.24, 2.45) is 0 Å². The lowest BCUT2D eigenvalue weighted by atomic mass is 10.1. The number of rotatable bonds is 1. The molecule has 0 aliphatic carbocycles. The van der Waals surface area contributed by atoms with Crippen LogP contribution in [-0.4, -0.2) is 12.2 Å². The lowest BCUT2D eigenvalue weighted by Gasteiger charge is -1.94. The molecule has 12 heavy (non-hydrogen) atoms. The van der Waals surface area contributed by atoms with E-state index in [1.807, 2.05) is 0 Å². The van der Waals surface area contributed by atoms with Gasteiger partial charge in [0.2, 0.25) is 0 Å². The van der Waals surface area contributed by atoms with E-state index in [-0.39, 0.29) is 5.91 Å². The van der Waals surface area contributed by atoms with Crippen molar-refractivity contribution in [1.82, 2.24) is 5.32 Å². The zero-order valence-corrected chi connectivity index (χ0v) is 6.33. The lowest BCUT2D eigenvalue weighted by Crippen LogP contribution is -2.12. The van der Waals surface area contributed by atoms with Gasteiger partial charge in [-0.1, -0.05) is 12.1 Å². The first kappa shape index (κ1) is 7.03. The molecular weight excluding hydrogens is 154 g/mol. The number of hydrogen-bond donors (Lipinski definition) is 1. The Bertz CT molecular complexity index is 358. The summed E-state index contributed by atoms with van der Waals surface area (Å²) in [7, 11) is 0. The highest BCUT2D eigenvalue weighted by atomic mass is 16.1. The molecule has 1 aliphatic heterocycles. The minimum Gasteiger partial charge on any atom is -0.348 e. The topological polar surface area (TPSA) is 46.2 Å². The van der Waals surface area contributed by atoms with Crippen molar-refractivity contribution in [3.8, 4) is 0 Å². The number of nitrogens with one attached hydrogen (secondary N) is 1. The molecule has 0 aromatic heterocycles. The van der Waals surface area contributed by atoms with Gasteiger partial charge in [-0.05, 0) is 11.6 Å². The van der Waals surface area contributed by atoms with Crippen LogP contribution in [0.3, 0.4) is 0 Å². The fraction of sp³-hybridized carbons (Fsp3) is 0.111. The van der Waals surface area contributed by atoms with Crippen LogP contribution in [0.5, 0.6) is 0 Å². The van der Waals surface area contributed by atoms with Crippen LogP contribution < -0.4 is 5.32 Å². The van der Waals surface area contributed by atoms with Crippen molar-refractivity contribution in [3.63, 3.8) is 0 Å². The summed E-state index contributed by atoms with van der Waals surface area (Å²) in [5.74, 6) is -0.0892. The molecule has 1 amide bonds. The first-order valence-corrected chi connectivity index (χ1v) is 3.67. The highest BCUT2D eigenvalue weighted by Crippen LogP contribution is 2.15. The number of carbonyl (C=O) groups is 2. The molecule has 0 radical (unpaired) electrons. The third-order valence-electron chi connectivity index (χ3n) is 1.95.